The van der Waals surface area contributed by atoms with E-state index in [9.17, 15) is 18.0 Å². The monoisotopic (exact) mass is 278 g/mol. The van der Waals surface area contributed by atoms with Gasteiger partial charge in [0, 0.05) is 18.1 Å². The Hall–Kier alpha value is -2.10. The van der Waals surface area contributed by atoms with Crippen molar-refractivity contribution in [2.75, 3.05) is 0 Å². The Morgan fingerprint density at radius 3 is 2.10 bits per heavy atom. The van der Waals surface area contributed by atoms with Crippen molar-refractivity contribution in [3.8, 4) is 0 Å². The molecule has 0 aromatic heterocycles. The number of hydrogen-bond acceptors (Lipinski definition) is 1. The molecule has 0 N–H and O–H groups in total. The second-order valence-corrected chi connectivity index (χ2v) is 4.48. The van der Waals surface area contributed by atoms with Gasteiger partial charge in [0.25, 0.3) is 0 Å². The van der Waals surface area contributed by atoms with Gasteiger partial charge < -0.3 is 0 Å². The number of halogens is 3. The van der Waals surface area contributed by atoms with E-state index in [0.717, 1.165) is 0 Å². The molecule has 1 nitrogen and oxygen atoms in total. The maximum Gasteiger partial charge on any atom is 0.176 e. The molecule has 0 saturated carbocycles. The molecule has 1 atom stereocenters. The van der Waals surface area contributed by atoms with Gasteiger partial charge in [0.15, 0.2) is 5.78 Å². The predicted octanol–water partition coefficient (Wildman–Crippen LogP) is 4.48. The number of hydrogen-bond donors (Lipinski definition) is 0. The van der Waals surface area contributed by atoms with Gasteiger partial charge in [-0.2, -0.15) is 0 Å². The zero-order valence-corrected chi connectivity index (χ0v) is 10.9. The second kappa shape index (κ2) is 5.90. The molecule has 2 rings (SSSR count). The van der Waals surface area contributed by atoms with Crippen LogP contribution in [0, 0.1) is 17.5 Å². The van der Waals surface area contributed by atoms with Crippen molar-refractivity contribution in [3.05, 3.63) is 71.0 Å². The van der Waals surface area contributed by atoms with Crippen molar-refractivity contribution in [2.45, 2.75) is 19.3 Å². The number of carbonyl (C=O) groups excluding carboxylic acids is 1. The van der Waals surface area contributed by atoms with Gasteiger partial charge in [-0.15, -0.1) is 0 Å². The molecule has 0 amide bonds. The van der Waals surface area contributed by atoms with E-state index in [2.05, 4.69) is 0 Å². The molecule has 104 valence electrons. The van der Waals surface area contributed by atoms with Gasteiger partial charge in [-0.1, -0.05) is 37.3 Å². The summed E-state index contributed by atoms with van der Waals surface area (Å²) in [4.78, 5) is 12.3. The molecular formula is C16H13F3O. The molecule has 0 radical (unpaired) electrons. The van der Waals surface area contributed by atoms with Crippen LogP contribution in [0.2, 0.25) is 0 Å². The predicted molar refractivity (Wildman–Crippen MR) is 70.1 cm³/mol. The number of Topliss-reactive ketones (excluding diaryl/α,β-unsaturated/α-hetero) is 1. The Bertz CT molecular complexity index is 600. The number of ketones is 1. The first-order valence-corrected chi connectivity index (χ1v) is 6.28. The summed E-state index contributed by atoms with van der Waals surface area (Å²) in [5, 5.41) is 0. The summed E-state index contributed by atoms with van der Waals surface area (Å²) in [6.45, 7) is 1.76. The van der Waals surface area contributed by atoms with Crippen LogP contribution in [0.15, 0.2) is 42.5 Å². The van der Waals surface area contributed by atoms with E-state index < -0.39 is 34.7 Å². The van der Waals surface area contributed by atoms with Gasteiger partial charge >= 0.3 is 0 Å². The molecule has 2 aromatic carbocycles. The third-order valence-electron chi connectivity index (χ3n) is 3.18. The SMILES string of the molecule is CCC(C(=O)c1c(F)cc(F)cc1F)c1ccccc1. The molecule has 0 fully saturated rings. The van der Waals surface area contributed by atoms with Crippen LogP contribution in [0.1, 0.15) is 35.2 Å². The van der Waals surface area contributed by atoms with E-state index >= 15 is 0 Å². The highest BCUT2D eigenvalue weighted by Gasteiger charge is 2.26. The lowest BCUT2D eigenvalue weighted by Gasteiger charge is -2.15. The van der Waals surface area contributed by atoms with E-state index in [0.29, 0.717) is 24.1 Å². The summed E-state index contributed by atoms with van der Waals surface area (Å²) in [6, 6.07) is 9.80. The molecular weight excluding hydrogens is 265 g/mol. The van der Waals surface area contributed by atoms with Crippen LogP contribution in [0.4, 0.5) is 13.2 Å². The minimum atomic E-state index is -1.16. The Kier molecular flexibility index (Phi) is 4.23. The Labute approximate surface area is 115 Å². The van der Waals surface area contributed by atoms with Crippen LogP contribution in [0.5, 0.6) is 0 Å². The third-order valence-corrected chi connectivity index (χ3v) is 3.18. The molecule has 0 saturated heterocycles. The van der Waals surface area contributed by atoms with Crippen LogP contribution in [-0.4, -0.2) is 5.78 Å². The van der Waals surface area contributed by atoms with Gasteiger partial charge in [0.2, 0.25) is 0 Å². The molecule has 2 aromatic rings. The summed E-state index contributed by atoms with van der Waals surface area (Å²) in [6.07, 6.45) is 0.402. The normalized spacial score (nSPS) is 12.2. The average molecular weight is 278 g/mol. The van der Waals surface area contributed by atoms with Gasteiger partial charge in [0.05, 0.1) is 5.56 Å². The van der Waals surface area contributed by atoms with Gasteiger partial charge in [-0.3, -0.25) is 4.79 Å². The lowest BCUT2D eigenvalue weighted by Crippen LogP contribution is -2.16. The highest BCUT2D eigenvalue weighted by molar-refractivity contribution is 6.01. The first kappa shape index (κ1) is 14.3. The van der Waals surface area contributed by atoms with Crippen molar-refractivity contribution in [1.29, 1.82) is 0 Å². The molecule has 1 unspecified atom stereocenters. The van der Waals surface area contributed by atoms with Gasteiger partial charge in [-0.05, 0) is 12.0 Å². The fraction of sp³-hybridized carbons (Fsp3) is 0.188. The van der Waals surface area contributed by atoms with Crippen LogP contribution < -0.4 is 0 Å². The lowest BCUT2D eigenvalue weighted by atomic mass is 9.88. The van der Waals surface area contributed by atoms with Crippen molar-refractivity contribution in [2.24, 2.45) is 0 Å². The minimum absolute atomic E-state index is 0.402. The Morgan fingerprint density at radius 2 is 1.60 bits per heavy atom. The van der Waals surface area contributed by atoms with Crippen molar-refractivity contribution >= 4 is 5.78 Å². The molecule has 20 heavy (non-hydrogen) atoms. The topological polar surface area (TPSA) is 17.1 Å². The maximum atomic E-state index is 13.7. The van der Waals surface area contributed by atoms with E-state index in [4.69, 9.17) is 0 Å². The fourth-order valence-electron chi connectivity index (χ4n) is 2.21. The largest absolute Gasteiger partial charge is 0.293 e. The van der Waals surface area contributed by atoms with Crippen molar-refractivity contribution < 1.29 is 18.0 Å². The molecule has 0 bridgehead atoms. The summed E-state index contributed by atoms with van der Waals surface area (Å²) in [5.41, 5.74) is 0.00484. The minimum Gasteiger partial charge on any atom is -0.293 e. The Balaban J connectivity index is 2.45. The highest BCUT2D eigenvalue weighted by atomic mass is 19.1. The molecule has 0 heterocycles. The average Bonchev–Trinajstić information content (AvgIpc) is 2.39. The van der Waals surface area contributed by atoms with E-state index in [1.807, 2.05) is 0 Å². The molecule has 4 heteroatoms. The van der Waals surface area contributed by atoms with Crippen molar-refractivity contribution in [1.82, 2.24) is 0 Å². The first-order valence-electron chi connectivity index (χ1n) is 6.28. The first-order chi connectivity index (χ1) is 9.54. The van der Waals surface area contributed by atoms with Gasteiger partial charge in [0.1, 0.15) is 17.5 Å². The van der Waals surface area contributed by atoms with Crippen LogP contribution in [0.25, 0.3) is 0 Å². The van der Waals surface area contributed by atoms with Gasteiger partial charge in [-0.25, -0.2) is 13.2 Å². The molecule has 0 aliphatic heterocycles. The summed E-state index contributed by atoms with van der Waals surface area (Å²) >= 11 is 0. The second-order valence-electron chi connectivity index (χ2n) is 4.48. The standard InChI is InChI=1S/C16H13F3O/c1-2-12(10-6-4-3-5-7-10)16(20)15-13(18)8-11(17)9-14(15)19/h3-9,12H,2H2,1H3. The van der Waals surface area contributed by atoms with E-state index in [-0.39, 0.29) is 0 Å². The molecule has 0 spiro atoms. The van der Waals surface area contributed by atoms with Crippen molar-refractivity contribution in [3.63, 3.8) is 0 Å². The number of carbonyl (C=O) groups is 1. The third kappa shape index (κ3) is 2.74. The zero-order valence-electron chi connectivity index (χ0n) is 10.9. The van der Waals surface area contributed by atoms with E-state index in [1.54, 1.807) is 37.3 Å². The fourth-order valence-corrected chi connectivity index (χ4v) is 2.21. The lowest BCUT2D eigenvalue weighted by molar-refractivity contribution is 0.0949. The number of rotatable bonds is 4. The molecule has 0 aliphatic carbocycles. The smallest absolute Gasteiger partial charge is 0.176 e. The maximum absolute atomic E-state index is 13.7. The summed E-state index contributed by atoms with van der Waals surface area (Å²) < 4.78 is 40.2. The molecule has 0 aliphatic rings. The van der Waals surface area contributed by atoms with Crippen LogP contribution in [0.3, 0.4) is 0 Å². The Morgan fingerprint density at radius 1 is 1.05 bits per heavy atom. The number of benzene rings is 2. The quantitative estimate of drug-likeness (QED) is 0.753. The highest BCUT2D eigenvalue weighted by Crippen LogP contribution is 2.27. The van der Waals surface area contributed by atoms with Crippen LogP contribution in [-0.2, 0) is 0 Å². The zero-order chi connectivity index (χ0) is 14.7. The summed E-state index contributed by atoms with van der Waals surface area (Å²) in [5.74, 6) is -4.69. The van der Waals surface area contributed by atoms with Crippen LogP contribution >= 0.6 is 0 Å². The summed E-state index contributed by atoms with van der Waals surface area (Å²) in [7, 11) is 0. The van der Waals surface area contributed by atoms with E-state index in [1.165, 1.54) is 0 Å².